The maximum atomic E-state index is 12.4. The van der Waals surface area contributed by atoms with Crippen LogP contribution in [0.4, 0.5) is 0 Å². The normalized spacial score (nSPS) is 14.0. The number of hydrogen-bond donors (Lipinski definition) is 3. The van der Waals surface area contributed by atoms with Gasteiger partial charge in [0.15, 0.2) is 0 Å². The number of rotatable bonds is 47. The zero-order valence-corrected chi connectivity index (χ0v) is 42.2. The number of nitrogens with one attached hydrogen (secondary N) is 1. The molecule has 2 unspecified atom stereocenters. The van der Waals surface area contributed by atoms with Crippen molar-refractivity contribution in [3.05, 3.63) is 134 Å². The van der Waals surface area contributed by atoms with Gasteiger partial charge in [-0.3, -0.25) is 4.79 Å². The van der Waals surface area contributed by atoms with Gasteiger partial charge < -0.3 is 15.5 Å². The van der Waals surface area contributed by atoms with E-state index in [1.54, 1.807) is 6.08 Å². The molecule has 4 nitrogen and oxygen atoms in total. The monoisotopic (exact) mass is 896 g/mol. The first-order valence-electron chi connectivity index (χ1n) is 26.9. The third kappa shape index (κ3) is 51.4. The van der Waals surface area contributed by atoms with Crippen molar-refractivity contribution in [1.29, 1.82) is 0 Å². The van der Waals surface area contributed by atoms with Gasteiger partial charge in [0.1, 0.15) is 0 Å². The van der Waals surface area contributed by atoms with E-state index in [0.29, 0.717) is 6.42 Å². The summed E-state index contributed by atoms with van der Waals surface area (Å²) in [5, 5.41) is 23.0. The molecule has 0 saturated heterocycles. The Labute approximate surface area is 402 Å². The molecule has 0 aromatic rings. The van der Waals surface area contributed by atoms with Crippen LogP contribution in [0.2, 0.25) is 0 Å². The van der Waals surface area contributed by atoms with Crippen molar-refractivity contribution in [3.63, 3.8) is 0 Å². The quantitative estimate of drug-likeness (QED) is 0.0421. The molecule has 0 heterocycles. The van der Waals surface area contributed by atoms with E-state index in [0.717, 1.165) is 89.9 Å². The Morgan fingerprint density at radius 2 is 0.692 bits per heavy atom. The van der Waals surface area contributed by atoms with Crippen LogP contribution in [0, 0.1) is 0 Å². The molecule has 0 aliphatic heterocycles. The Kier molecular flexibility index (Phi) is 51.9. The van der Waals surface area contributed by atoms with Gasteiger partial charge in [-0.05, 0) is 109 Å². The van der Waals surface area contributed by atoms with Crippen molar-refractivity contribution < 1.29 is 15.0 Å². The van der Waals surface area contributed by atoms with E-state index in [1.807, 2.05) is 6.08 Å². The SMILES string of the molecule is CC/C=C\C/C=C\C/C=C\C/C=C\C/C=C\C/C=C\C/C=C\C/C=C\CCCCCCCCCCCCCCCCC(=O)NC(CO)C(O)/C=C/CC/C=C/CC/C=C/CCCCCC. The summed E-state index contributed by atoms with van der Waals surface area (Å²) < 4.78 is 0. The van der Waals surface area contributed by atoms with Crippen LogP contribution < -0.4 is 5.32 Å². The van der Waals surface area contributed by atoms with Gasteiger partial charge in [0.05, 0.1) is 18.8 Å². The van der Waals surface area contributed by atoms with Crippen molar-refractivity contribution >= 4 is 5.91 Å². The fourth-order valence-corrected chi connectivity index (χ4v) is 7.28. The number of aliphatic hydroxyl groups excluding tert-OH is 2. The van der Waals surface area contributed by atoms with Crippen LogP contribution in [-0.2, 0) is 4.79 Å². The van der Waals surface area contributed by atoms with E-state index in [2.05, 4.69) is 141 Å². The number of carbonyl (C=O) groups excluding carboxylic acids is 1. The summed E-state index contributed by atoms with van der Waals surface area (Å²) in [4.78, 5) is 12.4. The molecule has 0 aromatic heterocycles. The summed E-state index contributed by atoms with van der Waals surface area (Å²) in [7, 11) is 0. The minimum Gasteiger partial charge on any atom is -0.394 e. The van der Waals surface area contributed by atoms with E-state index in [1.165, 1.54) is 116 Å². The second-order valence-corrected chi connectivity index (χ2v) is 17.5. The predicted octanol–water partition coefficient (Wildman–Crippen LogP) is 17.9. The lowest BCUT2D eigenvalue weighted by Crippen LogP contribution is -2.45. The Hall–Kier alpha value is -3.47. The van der Waals surface area contributed by atoms with Gasteiger partial charge in [-0.25, -0.2) is 0 Å². The Morgan fingerprint density at radius 3 is 1.08 bits per heavy atom. The van der Waals surface area contributed by atoms with Gasteiger partial charge in [-0.15, -0.1) is 0 Å². The second kappa shape index (κ2) is 54.9. The van der Waals surface area contributed by atoms with Crippen LogP contribution in [0.1, 0.15) is 226 Å². The first-order valence-corrected chi connectivity index (χ1v) is 26.9. The molecule has 3 N–H and O–H groups in total. The number of unbranched alkanes of at least 4 members (excludes halogenated alkanes) is 20. The molecule has 0 fully saturated rings. The summed E-state index contributed by atoms with van der Waals surface area (Å²) in [5.41, 5.74) is 0. The molecule has 0 spiro atoms. The number of amides is 1. The second-order valence-electron chi connectivity index (χ2n) is 17.5. The average molecular weight is 896 g/mol. The number of allylic oxidation sites excluding steroid dienone is 21. The summed E-state index contributed by atoms with van der Waals surface area (Å²) in [6.45, 7) is 4.14. The van der Waals surface area contributed by atoms with Crippen molar-refractivity contribution in [2.45, 2.75) is 238 Å². The van der Waals surface area contributed by atoms with Crippen LogP contribution in [0.15, 0.2) is 134 Å². The fourth-order valence-electron chi connectivity index (χ4n) is 7.28. The Bertz CT molecular complexity index is 1340. The molecule has 1 amide bonds. The number of carbonyl (C=O) groups is 1. The van der Waals surface area contributed by atoms with E-state index >= 15 is 0 Å². The van der Waals surface area contributed by atoms with Gasteiger partial charge in [-0.1, -0.05) is 244 Å². The first-order chi connectivity index (χ1) is 32.2. The minimum atomic E-state index is -0.877. The molecule has 0 bridgehead atoms. The zero-order chi connectivity index (χ0) is 47.0. The molecular formula is C61H101NO3. The van der Waals surface area contributed by atoms with Crippen LogP contribution in [0.3, 0.4) is 0 Å². The van der Waals surface area contributed by atoms with Gasteiger partial charge in [0.2, 0.25) is 5.91 Å². The van der Waals surface area contributed by atoms with Gasteiger partial charge in [0.25, 0.3) is 0 Å². The summed E-state index contributed by atoms with van der Waals surface area (Å²) in [6, 6.07) is -0.653. The lowest BCUT2D eigenvalue weighted by Gasteiger charge is -2.19. The molecule has 0 aliphatic rings. The van der Waals surface area contributed by atoms with E-state index < -0.39 is 12.1 Å². The molecule has 0 aliphatic carbocycles. The molecule has 0 saturated carbocycles. The highest BCUT2D eigenvalue weighted by molar-refractivity contribution is 5.76. The molecule has 0 rings (SSSR count). The molecule has 0 aromatic carbocycles. The first kappa shape index (κ1) is 61.5. The van der Waals surface area contributed by atoms with Crippen molar-refractivity contribution in [1.82, 2.24) is 5.32 Å². The summed E-state index contributed by atoms with van der Waals surface area (Å²) in [6.07, 6.45) is 86.0. The number of aliphatic hydroxyl groups is 2. The van der Waals surface area contributed by atoms with Crippen LogP contribution in [0.5, 0.6) is 0 Å². The van der Waals surface area contributed by atoms with E-state index in [9.17, 15) is 15.0 Å². The van der Waals surface area contributed by atoms with Crippen LogP contribution >= 0.6 is 0 Å². The maximum absolute atomic E-state index is 12.4. The highest BCUT2D eigenvalue weighted by Crippen LogP contribution is 2.14. The lowest BCUT2D eigenvalue weighted by molar-refractivity contribution is -0.123. The van der Waals surface area contributed by atoms with Crippen LogP contribution in [0.25, 0.3) is 0 Å². The minimum absolute atomic E-state index is 0.0846. The fraction of sp³-hybridized carbons (Fsp3) is 0.623. The van der Waals surface area contributed by atoms with Gasteiger partial charge >= 0.3 is 0 Å². The highest BCUT2D eigenvalue weighted by atomic mass is 16.3. The molecule has 65 heavy (non-hydrogen) atoms. The van der Waals surface area contributed by atoms with Crippen LogP contribution in [-0.4, -0.2) is 34.9 Å². The predicted molar refractivity (Wildman–Crippen MR) is 289 cm³/mol. The maximum Gasteiger partial charge on any atom is 0.220 e. The van der Waals surface area contributed by atoms with Crippen molar-refractivity contribution in [2.24, 2.45) is 0 Å². The Morgan fingerprint density at radius 1 is 0.385 bits per heavy atom. The largest absolute Gasteiger partial charge is 0.394 e. The summed E-state index contributed by atoms with van der Waals surface area (Å²) >= 11 is 0. The smallest absolute Gasteiger partial charge is 0.220 e. The standard InChI is InChI=1S/C61H101NO3/c1-3-5-7-9-11-13-15-17-19-20-21-22-23-24-25-26-27-28-29-30-31-32-33-34-35-36-37-38-39-40-41-42-43-45-47-49-51-53-55-57-61(65)62-59(58-63)60(64)56-54-52-50-48-46-44-18-16-14-12-10-8-6-4-2/h5,7,11,13-14,16-17,19,21-22,24-25,27-28,30-31,33-34,46,48,54,56,59-60,63-64H,3-4,6,8-10,12,15,18,20,23,26,29,32,35-45,47,49-53,55,57-58H2,1-2H3,(H,62,65)/b7-5-,13-11-,16-14+,19-17-,22-21-,25-24-,28-27-,31-30-,34-33-,48-46+,56-54+. The third-order valence-corrected chi connectivity index (χ3v) is 11.3. The topological polar surface area (TPSA) is 69.6 Å². The third-order valence-electron chi connectivity index (χ3n) is 11.3. The molecule has 2 atom stereocenters. The molecule has 4 heteroatoms. The van der Waals surface area contributed by atoms with E-state index in [-0.39, 0.29) is 12.5 Å². The number of hydrogen-bond acceptors (Lipinski definition) is 3. The van der Waals surface area contributed by atoms with Crippen molar-refractivity contribution in [3.8, 4) is 0 Å². The Balaban J connectivity index is 3.58. The van der Waals surface area contributed by atoms with Crippen molar-refractivity contribution in [2.75, 3.05) is 6.61 Å². The van der Waals surface area contributed by atoms with E-state index in [4.69, 9.17) is 0 Å². The zero-order valence-electron chi connectivity index (χ0n) is 42.2. The molecular weight excluding hydrogens is 795 g/mol. The lowest BCUT2D eigenvalue weighted by atomic mass is 10.0. The molecule has 0 radical (unpaired) electrons. The average Bonchev–Trinajstić information content (AvgIpc) is 3.31. The van der Waals surface area contributed by atoms with Gasteiger partial charge in [0, 0.05) is 6.42 Å². The summed E-state index contributed by atoms with van der Waals surface area (Å²) in [5.74, 6) is -0.0846. The highest BCUT2D eigenvalue weighted by Gasteiger charge is 2.17. The van der Waals surface area contributed by atoms with Gasteiger partial charge in [-0.2, -0.15) is 0 Å². The molecule has 368 valence electrons.